The Balaban J connectivity index is 1.50. The number of carbonyl (C=O) groups is 1. The number of carbonyl (C=O) groups excluding carboxylic acids is 1. The number of hydrogen-bond donors (Lipinski definition) is 1. The molecule has 2 saturated carbocycles. The van der Waals surface area contributed by atoms with Gasteiger partial charge in [-0.15, -0.1) is 0 Å². The molecule has 8 nitrogen and oxygen atoms in total. The normalized spacial score (nSPS) is 20.0. The van der Waals surface area contributed by atoms with Gasteiger partial charge in [-0.3, -0.25) is 4.79 Å². The summed E-state index contributed by atoms with van der Waals surface area (Å²) in [6.07, 6.45) is 11.6. The van der Waals surface area contributed by atoms with Crippen molar-refractivity contribution in [2.24, 2.45) is 5.92 Å². The van der Waals surface area contributed by atoms with E-state index < -0.39 is 0 Å². The largest absolute Gasteiger partial charge is 0.396 e. The van der Waals surface area contributed by atoms with Crippen LogP contribution in [-0.2, 0) is 4.79 Å². The van der Waals surface area contributed by atoms with Gasteiger partial charge in [0.25, 0.3) is 0 Å². The highest BCUT2D eigenvalue weighted by atomic mass is 16.2. The smallest absolute Gasteiger partial charge is 0.246 e. The number of piperazine rings is 1. The molecule has 1 amide bonds. The van der Waals surface area contributed by atoms with Crippen molar-refractivity contribution in [1.29, 1.82) is 5.26 Å². The van der Waals surface area contributed by atoms with Crippen molar-refractivity contribution in [2.45, 2.75) is 51.0 Å². The average Bonchev–Trinajstić information content (AvgIpc) is 3.81. The van der Waals surface area contributed by atoms with Crippen LogP contribution in [-0.4, -0.2) is 63.4 Å². The summed E-state index contributed by atoms with van der Waals surface area (Å²) in [5.41, 5.74) is 4.96. The third kappa shape index (κ3) is 4.76. The molecule has 1 saturated heterocycles. The van der Waals surface area contributed by atoms with Gasteiger partial charge in [0.15, 0.2) is 0 Å². The van der Waals surface area contributed by atoms with Crippen molar-refractivity contribution in [1.82, 2.24) is 20.1 Å². The molecule has 0 bridgehead atoms. The fourth-order valence-electron chi connectivity index (χ4n) is 5.18. The molecule has 2 aliphatic carbocycles. The Kier molecular flexibility index (Phi) is 6.84. The molecular weight excluding hydrogens is 452 g/mol. The number of pyridine rings is 1. The highest BCUT2D eigenvalue weighted by Gasteiger charge is 2.41. The average molecular weight is 485 g/mol. The minimum atomic E-state index is -0.000612. The summed E-state index contributed by atoms with van der Waals surface area (Å²) in [6.45, 7) is 7.74. The summed E-state index contributed by atoms with van der Waals surface area (Å²) in [4.78, 5) is 22.2. The van der Waals surface area contributed by atoms with Crippen LogP contribution in [0.5, 0.6) is 0 Å². The summed E-state index contributed by atoms with van der Waals surface area (Å²) in [6, 6.07) is 4.47. The second-order valence-electron chi connectivity index (χ2n) is 9.96. The molecule has 1 N–H and O–H groups in total. The number of nitriles is 1. The van der Waals surface area contributed by atoms with Gasteiger partial charge >= 0.3 is 0 Å². The van der Waals surface area contributed by atoms with Crippen molar-refractivity contribution in [3.05, 3.63) is 53.4 Å². The van der Waals surface area contributed by atoms with E-state index in [0.717, 1.165) is 59.6 Å². The van der Waals surface area contributed by atoms with E-state index >= 15 is 0 Å². The zero-order chi connectivity index (χ0) is 25.2. The van der Waals surface area contributed by atoms with Crippen LogP contribution in [0.25, 0.3) is 17.3 Å². The van der Waals surface area contributed by atoms with E-state index in [1.54, 1.807) is 24.4 Å². The van der Waals surface area contributed by atoms with Gasteiger partial charge in [-0.05, 0) is 68.2 Å². The maximum atomic E-state index is 12.9. The van der Waals surface area contributed by atoms with E-state index in [1.165, 1.54) is 0 Å². The molecular formula is C28H32N6O2. The van der Waals surface area contributed by atoms with E-state index in [2.05, 4.69) is 27.7 Å². The first-order chi connectivity index (χ1) is 17.5. The van der Waals surface area contributed by atoms with E-state index in [-0.39, 0.29) is 18.6 Å². The molecule has 5 rings (SSSR count). The molecule has 3 heterocycles. The Morgan fingerprint density at radius 2 is 2.11 bits per heavy atom. The van der Waals surface area contributed by atoms with Crippen LogP contribution in [0.3, 0.4) is 0 Å². The van der Waals surface area contributed by atoms with Crippen LogP contribution in [0.4, 0.5) is 5.82 Å². The van der Waals surface area contributed by atoms with E-state index in [0.29, 0.717) is 43.5 Å². The van der Waals surface area contributed by atoms with Crippen LogP contribution in [0.1, 0.15) is 60.4 Å². The maximum Gasteiger partial charge on any atom is 0.246 e. The molecule has 2 aromatic heterocycles. The quantitative estimate of drug-likeness (QED) is 0.571. The Morgan fingerprint density at radius 3 is 2.78 bits per heavy atom. The molecule has 0 aromatic carbocycles. The fraction of sp³-hybridized carbons (Fsp3) is 0.464. The van der Waals surface area contributed by atoms with Crippen LogP contribution >= 0.6 is 0 Å². The molecule has 8 heteroatoms. The highest BCUT2D eigenvalue weighted by molar-refractivity contribution is 5.88. The molecule has 0 unspecified atom stereocenters. The molecule has 186 valence electrons. The van der Waals surface area contributed by atoms with Crippen LogP contribution < -0.4 is 4.90 Å². The van der Waals surface area contributed by atoms with Gasteiger partial charge in [0.2, 0.25) is 5.91 Å². The molecule has 1 aliphatic heterocycles. The Hall–Kier alpha value is -3.57. The lowest BCUT2D eigenvalue weighted by atomic mass is 9.95. The lowest BCUT2D eigenvalue weighted by Crippen LogP contribution is -2.56. The first-order valence-electron chi connectivity index (χ1n) is 12.8. The number of aliphatic hydroxyl groups is 1. The van der Waals surface area contributed by atoms with Gasteiger partial charge in [-0.2, -0.15) is 15.5 Å². The molecule has 3 fully saturated rings. The zero-order valence-electron chi connectivity index (χ0n) is 20.7. The molecule has 1 atom stereocenters. The molecule has 3 aliphatic rings. The number of nitrogens with zero attached hydrogens (tertiary/aromatic N) is 6. The molecule has 0 spiro atoms. The Morgan fingerprint density at radius 1 is 1.31 bits per heavy atom. The first kappa shape index (κ1) is 24.1. The van der Waals surface area contributed by atoms with E-state index in [4.69, 9.17) is 10.1 Å². The number of rotatable bonds is 8. The second kappa shape index (κ2) is 10.2. The van der Waals surface area contributed by atoms with Gasteiger partial charge < -0.3 is 14.9 Å². The monoisotopic (exact) mass is 484 g/mol. The highest BCUT2D eigenvalue weighted by Crippen LogP contribution is 2.46. The molecule has 36 heavy (non-hydrogen) atoms. The minimum absolute atomic E-state index is 0.000612. The SMILES string of the molecule is C=Cc1cnnc(-c2c(C3CC3)nc(N3CCN(C(=O)C=CCCO)[C@H](C4CC4)C3)c(C#N)c2C)c1. The Bertz CT molecular complexity index is 1240. The third-order valence-corrected chi connectivity index (χ3v) is 7.42. The van der Waals surface area contributed by atoms with Gasteiger partial charge in [-0.25, -0.2) is 4.98 Å². The van der Waals surface area contributed by atoms with Crippen molar-refractivity contribution < 1.29 is 9.90 Å². The maximum absolute atomic E-state index is 12.9. The number of anilines is 1. The van der Waals surface area contributed by atoms with Crippen LogP contribution in [0.15, 0.2) is 31.0 Å². The van der Waals surface area contributed by atoms with Crippen LogP contribution in [0, 0.1) is 24.2 Å². The fourth-order valence-corrected chi connectivity index (χ4v) is 5.18. The predicted octanol–water partition coefficient (Wildman–Crippen LogP) is 3.60. The summed E-state index contributed by atoms with van der Waals surface area (Å²) in [5, 5.41) is 27.8. The Labute approximate surface area is 212 Å². The second-order valence-corrected chi connectivity index (χ2v) is 9.96. The molecule has 0 radical (unpaired) electrons. The van der Waals surface area contributed by atoms with E-state index in [9.17, 15) is 10.1 Å². The zero-order valence-corrected chi connectivity index (χ0v) is 20.7. The number of hydrogen-bond acceptors (Lipinski definition) is 7. The first-order valence-corrected chi connectivity index (χ1v) is 12.8. The number of aromatic nitrogens is 3. The third-order valence-electron chi connectivity index (χ3n) is 7.42. The van der Waals surface area contributed by atoms with Crippen molar-refractivity contribution >= 4 is 17.8 Å². The lowest BCUT2D eigenvalue weighted by Gasteiger charge is -2.42. The van der Waals surface area contributed by atoms with Crippen molar-refractivity contribution in [3.8, 4) is 17.3 Å². The topological polar surface area (TPSA) is 106 Å². The van der Waals surface area contributed by atoms with Crippen molar-refractivity contribution in [2.75, 3.05) is 31.1 Å². The predicted molar refractivity (Wildman–Crippen MR) is 138 cm³/mol. The summed E-state index contributed by atoms with van der Waals surface area (Å²) in [5.74, 6) is 1.56. The van der Waals surface area contributed by atoms with Gasteiger partial charge in [0.05, 0.1) is 29.2 Å². The van der Waals surface area contributed by atoms with Gasteiger partial charge in [0, 0.05) is 37.7 Å². The molecule has 2 aromatic rings. The van der Waals surface area contributed by atoms with Crippen LogP contribution in [0.2, 0.25) is 0 Å². The summed E-state index contributed by atoms with van der Waals surface area (Å²) >= 11 is 0. The summed E-state index contributed by atoms with van der Waals surface area (Å²) in [7, 11) is 0. The number of amides is 1. The lowest BCUT2D eigenvalue weighted by molar-refractivity contribution is -0.129. The van der Waals surface area contributed by atoms with E-state index in [1.807, 2.05) is 17.9 Å². The number of aliphatic hydroxyl groups excluding tert-OH is 1. The standard InChI is InChI=1S/C28H32N6O2/c1-3-19-14-23(32-30-16-19)26-18(2)22(15-29)28(31-27(26)21-9-10-21)33-11-12-34(24(17-33)20-7-8-20)25(36)6-4-5-13-35/h3-4,6,14,16,20-21,24,35H,1,5,7-13,17H2,2H3/t24-/m0/s1. The summed E-state index contributed by atoms with van der Waals surface area (Å²) < 4.78 is 0. The van der Waals surface area contributed by atoms with Gasteiger partial charge in [-0.1, -0.05) is 18.7 Å². The minimum Gasteiger partial charge on any atom is -0.396 e. The van der Waals surface area contributed by atoms with Gasteiger partial charge in [0.1, 0.15) is 11.9 Å². The van der Waals surface area contributed by atoms with Crippen molar-refractivity contribution in [3.63, 3.8) is 0 Å².